The van der Waals surface area contributed by atoms with Gasteiger partial charge in [-0.15, -0.1) is 0 Å². The molecular formula is C24H30F9N3. The summed E-state index contributed by atoms with van der Waals surface area (Å²) in [5, 5.41) is 0. The van der Waals surface area contributed by atoms with Crippen molar-refractivity contribution in [3.63, 3.8) is 0 Å². The van der Waals surface area contributed by atoms with Crippen molar-refractivity contribution in [3.8, 4) is 0 Å². The zero-order chi connectivity index (χ0) is 26.5. The number of likely N-dealkylation sites (tertiary alicyclic amines) is 2. The van der Waals surface area contributed by atoms with E-state index in [0.29, 0.717) is 54.5 Å². The minimum atomic E-state index is -5.43. The van der Waals surface area contributed by atoms with E-state index in [2.05, 4.69) is 0 Å². The van der Waals surface area contributed by atoms with Crippen LogP contribution in [0.4, 0.5) is 45.2 Å². The molecule has 1 unspecified atom stereocenters. The van der Waals surface area contributed by atoms with Gasteiger partial charge in [-0.1, -0.05) is 6.92 Å². The highest BCUT2D eigenvalue weighted by atomic mass is 19.4. The van der Waals surface area contributed by atoms with Gasteiger partial charge in [0.25, 0.3) is 0 Å². The van der Waals surface area contributed by atoms with E-state index in [4.69, 9.17) is 0 Å². The molecule has 3 fully saturated rings. The van der Waals surface area contributed by atoms with Gasteiger partial charge in [0.1, 0.15) is 0 Å². The van der Waals surface area contributed by atoms with Gasteiger partial charge < -0.3 is 4.90 Å². The number of benzene rings is 1. The van der Waals surface area contributed by atoms with Gasteiger partial charge in [-0.2, -0.15) is 39.5 Å². The van der Waals surface area contributed by atoms with Crippen molar-refractivity contribution in [2.75, 3.05) is 37.6 Å². The standard InChI is InChI=1S/C24H30F9N3/c1-16-3-8-35(14-16)19-12-17(11-18(13-19)22(25,26)27)15-36-7-2-4-21(36)5-9-34(10-6-21)20(23(28,29)30)24(31,32)33/h11-13,16,20H,2-10,14-15H2,1H3. The second kappa shape index (κ2) is 9.56. The first-order chi connectivity index (χ1) is 16.6. The lowest BCUT2D eigenvalue weighted by Gasteiger charge is -2.47. The van der Waals surface area contributed by atoms with Crippen LogP contribution in [0.15, 0.2) is 18.2 Å². The van der Waals surface area contributed by atoms with Crippen LogP contribution in [0, 0.1) is 5.92 Å². The monoisotopic (exact) mass is 531 g/mol. The minimum absolute atomic E-state index is 0.102. The molecule has 0 bridgehead atoms. The maximum absolute atomic E-state index is 13.7. The Morgan fingerprint density at radius 2 is 1.50 bits per heavy atom. The molecule has 0 aromatic heterocycles. The first-order valence-electron chi connectivity index (χ1n) is 12.2. The Hall–Kier alpha value is -1.69. The highest BCUT2D eigenvalue weighted by Gasteiger charge is 2.60. The van der Waals surface area contributed by atoms with Crippen LogP contribution < -0.4 is 4.90 Å². The summed E-state index contributed by atoms with van der Waals surface area (Å²) in [6.07, 6.45) is -13.0. The first kappa shape index (κ1) is 27.3. The van der Waals surface area contributed by atoms with Gasteiger partial charge in [-0.25, -0.2) is 0 Å². The largest absolute Gasteiger partial charge is 0.416 e. The third-order valence-electron chi connectivity index (χ3n) is 7.92. The van der Waals surface area contributed by atoms with Gasteiger partial charge in [-0.3, -0.25) is 9.80 Å². The first-order valence-corrected chi connectivity index (χ1v) is 12.2. The zero-order valence-corrected chi connectivity index (χ0v) is 19.9. The molecule has 204 valence electrons. The molecule has 1 atom stereocenters. The molecule has 3 nitrogen and oxygen atoms in total. The van der Waals surface area contributed by atoms with E-state index in [0.717, 1.165) is 18.6 Å². The van der Waals surface area contributed by atoms with E-state index >= 15 is 0 Å². The van der Waals surface area contributed by atoms with E-state index < -0.39 is 35.7 Å². The predicted molar refractivity (Wildman–Crippen MR) is 117 cm³/mol. The summed E-state index contributed by atoms with van der Waals surface area (Å²) in [6, 6.07) is 0.477. The molecule has 1 aromatic rings. The molecule has 3 heterocycles. The summed E-state index contributed by atoms with van der Waals surface area (Å²) in [5.41, 5.74) is -0.428. The second-order valence-electron chi connectivity index (χ2n) is 10.5. The van der Waals surface area contributed by atoms with E-state index in [-0.39, 0.29) is 32.5 Å². The molecule has 0 N–H and O–H groups in total. The highest BCUT2D eigenvalue weighted by Crippen LogP contribution is 2.44. The molecule has 3 aliphatic rings. The maximum Gasteiger partial charge on any atom is 0.416 e. The van der Waals surface area contributed by atoms with Crippen molar-refractivity contribution in [3.05, 3.63) is 29.3 Å². The summed E-state index contributed by atoms with van der Waals surface area (Å²) in [6.45, 7) is 3.31. The second-order valence-corrected chi connectivity index (χ2v) is 10.5. The Morgan fingerprint density at radius 3 is 2.03 bits per heavy atom. The van der Waals surface area contributed by atoms with Crippen LogP contribution in [-0.4, -0.2) is 66.5 Å². The third-order valence-corrected chi connectivity index (χ3v) is 7.92. The number of rotatable bonds is 4. The van der Waals surface area contributed by atoms with E-state index in [1.54, 1.807) is 6.07 Å². The number of hydrogen-bond donors (Lipinski definition) is 0. The van der Waals surface area contributed by atoms with E-state index in [9.17, 15) is 39.5 Å². The molecule has 4 rings (SSSR count). The van der Waals surface area contributed by atoms with Gasteiger partial charge in [0, 0.05) is 44.0 Å². The lowest BCUT2D eigenvalue weighted by molar-refractivity contribution is -0.290. The number of anilines is 1. The average molecular weight is 532 g/mol. The van der Waals surface area contributed by atoms with Crippen LogP contribution in [0.5, 0.6) is 0 Å². The molecule has 36 heavy (non-hydrogen) atoms. The lowest BCUT2D eigenvalue weighted by Crippen LogP contribution is -2.60. The van der Waals surface area contributed by atoms with Gasteiger partial charge >= 0.3 is 18.5 Å². The summed E-state index contributed by atoms with van der Waals surface area (Å²) < 4.78 is 120. The Bertz CT molecular complexity index is 903. The van der Waals surface area contributed by atoms with Gasteiger partial charge in [0.2, 0.25) is 6.04 Å². The summed E-state index contributed by atoms with van der Waals surface area (Å²) in [5.74, 6) is 0.368. The zero-order valence-electron chi connectivity index (χ0n) is 19.9. The molecule has 0 radical (unpaired) electrons. The summed E-state index contributed by atoms with van der Waals surface area (Å²) in [7, 11) is 0. The van der Waals surface area contributed by atoms with Gasteiger partial charge in [0.05, 0.1) is 5.56 Å². The molecule has 12 heteroatoms. The smallest absolute Gasteiger partial charge is 0.371 e. The summed E-state index contributed by atoms with van der Waals surface area (Å²) >= 11 is 0. The normalized spacial score (nSPS) is 24.4. The summed E-state index contributed by atoms with van der Waals surface area (Å²) in [4.78, 5) is 4.33. The highest BCUT2D eigenvalue weighted by molar-refractivity contribution is 5.53. The van der Waals surface area contributed by atoms with Crippen molar-refractivity contribution in [1.29, 1.82) is 0 Å². The molecular weight excluding hydrogens is 501 g/mol. The number of nitrogens with zero attached hydrogens (tertiary/aromatic N) is 3. The number of piperidine rings is 1. The Labute approximate surface area is 204 Å². The molecule has 0 saturated carbocycles. The van der Waals surface area contributed by atoms with Crippen molar-refractivity contribution in [2.24, 2.45) is 5.92 Å². The average Bonchev–Trinajstić information content (AvgIpc) is 3.33. The van der Waals surface area contributed by atoms with Crippen LogP contribution in [0.2, 0.25) is 0 Å². The van der Waals surface area contributed by atoms with Gasteiger partial charge in [0.15, 0.2) is 0 Å². The number of alkyl halides is 9. The molecule has 0 aliphatic carbocycles. The van der Waals surface area contributed by atoms with Crippen molar-refractivity contribution in [1.82, 2.24) is 9.80 Å². The maximum atomic E-state index is 13.7. The Balaban J connectivity index is 1.53. The van der Waals surface area contributed by atoms with Crippen LogP contribution in [0.1, 0.15) is 50.2 Å². The minimum Gasteiger partial charge on any atom is -0.371 e. The molecule has 1 spiro atoms. The van der Waals surface area contributed by atoms with Crippen molar-refractivity contribution < 1.29 is 39.5 Å². The van der Waals surface area contributed by atoms with E-state index in [1.807, 2.05) is 16.7 Å². The fraction of sp³-hybridized carbons (Fsp3) is 0.750. The third kappa shape index (κ3) is 5.74. The number of hydrogen-bond acceptors (Lipinski definition) is 3. The number of halogens is 9. The SMILES string of the molecule is CC1CCN(c2cc(CN3CCCC34CCN(C(C(F)(F)F)C(F)(F)F)CC4)cc(C(F)(F)F)c2)C1. The van der Waals surface area contributed by atoms with Crippen molar-refractivity contribution in [2.45, 2.75) is 75.7 Å². The lowest BCUT2D eigenvalue weighted by atomic mass is 9.84. The fourth-order valence-electron chi connectivity index (χ4n) is 6.11. The van der Waals surface area contributed by atoms with Gasteiger partial charge in [-0.05, 0) is 68.3 Å². The quantitative estimate of drug-likeness (QED) is 0.412. The van der Waals surface area contributed by atoms with Crippen LogP contribution in [-0.2, 0) is 12.7 Å². The molecule has 3 saturated heterocycles. The Kier molecular flexibility index (Phi) is 7.26. The van der Waals surface area contributed by atoms with Crippen LogP contribution >= 0.6 is 0 Å². The topological polar surface area (TPSA) is 9.72 Å². The van der Waals surface area contributed by atoms with Crippen LogP contribution in [0.3, 0.4) is 0 Å². The molecule has 0 amide bonds. The Morgan fingerprint density at radius 1 is 0.861 bits per heavy atom. The molecule has 3 aliphatic heterocycles. The van der Waals surface area contributed by atoms with E-state index in [1.165, 1.54) is 0 Å². The fourth-order valence-corrected chi connectivity index (χ4v) is 6.11. The molecule has 1 aromatic carbocycles. The van der Waals surface area contributed by atoms with Crippen molar-refractivity contribution >= 4 is 5.69 Å². The predicted octanol–water partition coefficient (Wildman–Crippen LogP) is 6.48. The van der Waals surface area contributed by atoms with Crippen LogP contribution in [0.25, 0.3) is 0 Å².